The van der Waals surface area contributed by atoms with Gasteiger partial charge < -0.3 is 10.1 Å². The van der Waals surface area contributed by atoms with Gasteiger partial charge in [0, 0.05) is 29.5 Å². The van der Waals surface area contributed by atoms with Crippen molar-refractivity contribution in [3.63, 3.8) is 0 Å². The monoisotopic (exact) mass is 255 g/mol. The molecule has 0 aromatic heterocycles. The second kappa shape index (κ2) is 4.86. The van der Waals surface area contributed by atoms with E-state index in [9.17, 15) is 0 Å². The van der Waals surface area contributed by atoms with Gasteiger partial charge in [0.2, 0.25) is 0 Å². The number of hydrogen-bond donors (Lipinski definition) is 1. The summed E-state index contributed by atoms with van der Waals surface area (Å²) in [4.78, 5) is 0. The Labute approximate surface area is 114 Å². The zero-order chi connectivity index (χ0) is 13.4. The summed E-state index contributed by atoms with van der Waals surface area (Å²) in [5.41, 5.74) is 1.30. The summed E-state index contributed by atoms with van der Waals surface area (Å²) in [5, 5.41) is 6.13. The van der Waals surface area contributed by atoms with Gasteiger partial charge in [0.15, 0.2) is 0 Å². The first kappa shape index (κ1) is 12.5. The van der Waals surface area contributed by atoms with Crippen molar-refractivity contribution in [2.24, 2.45) is 0 Å². The Morgan fingerprint density at radius 3 is 2.74 bits per heavy atom. The average molecular weight is 255 g/mol. The number of fused-ring (bicyclic) bond motifs is 3. The molecular formula is C17H21NO. The van der Waals surface area contributed by atoms with Gasteiger partial charge in [-0.2, -0.15) is 0 Å². The molecule has 2 aromatic carbocycles. The summed E-state index contributed by atoms with van der Waals surface area (Å²) < 4.78 is 6.12. The third-order valence-electron chi connectivity index (χ3n) is 3.71. The molecule has 0 saturated carbocycles. The molecule has 2 nitrogen and oxygen atoms in total. The highest BCUT2D eigenvalue weighted by Crippen LogP contribution is 2.40. The van der Waals surface area contributed by atoms with E-state index in [1.807, 2.05) is 0 Å². The fourth-order valence-corrected chi connectivity index (χ4v) is 2.93. The van der Waals surface area contributed by atoms with Gasteiger partial charge in [-0.3, -0.25) is 0 Å². The van der Waals surface area contributed by atoms with E-state index < -0.39 is 0 Å². The molecule has 0 aliphatic carbocycles. The van der Waals surface area contributed by atoms with Crippen molar-refractivity contribution in [1.82, 2.24) is 5.32 Å². The maximum atomic E-state index is 6.12. The summed E-state index contributed by atoms with van der Waals surface area (Å²) in [6, 6.07) is 13.7. The minimum absolute atomic E-state index is 0.259. The van der Waals surface area contributed by atoms with E-state index in [1.54, 1.807) is 0 Å². The Morgan fingerprint density at radius 1 is 1.16 bits per heavy atom. The molecule has 0 saturated heterocycles. The average Bonchev–Trinajstić information content (AvgIpc) is 2.37. The van der Waals surface area contributed by atoms with Gasteiger partial charge in [0.1, 0.15) is 5.75 Å². The third-order valence-corrected chi connectivity index (χ3v) is 3.71. The smallest absolute Gasteiger partial charge is 0.132 e. The fourth-order valence-electron chi connectivity index (χ4n) is 2.93. The molecule has 19 heavy (non-hydrogen) atoms. The molecule has 1 heterocycles. The molecule has 0 radical (unpaired) electrons. The van der Waals surface area contributed by atoms with Gasteiger partial charge >= 0.3 is 0 Å². The Morgan fingerprint density at radius 2 is 1.95 bits per heavy atom. The van der Waals surface area contributed by atoms with Crippen molar-refractivity contribution in [3.8, 4) is 5.75 Å². The lowest BCUT2D eigenvalue weighted by atomic mass is 9.93. The van der Waals surface area contributed by atoms with Gasteiger partial charge in [-0.1, -0.05) is 50.2 Å². The van der Waals surface area contributed by atoms with Crippen LogP contribution >= 0.6 is 0 Å². The van der Waals surface area contributed by atoms with E-state index in [2.05, 4.69) is 62.5 Å². The number of rotatable bonds is 2. The van der Waals surface area contributed by atoms with Crippen molar-refractivity contribution < 1.29 is 4.74 Å². The first-order chi connectivity index (χ1) is 9.15. The molecule has 100 valence electrons. The van der Waals surface area contributed by atoms with Gasteiger partial charge in [0.05, 0.1) is 6.10 Å². The van der Waals surface area contributed by atoms with Crippen LogP contribution in [0.5, 0.6) is 5.75 Å². The second-order valence-electron chi connectivity index (χ2n) is 5.74. The van der Waals surface area contributed by atoms with E-state index in [1.165, 1.54) is 16.3 Å². The molecule has 0 fully saturated rings. The summed E-state index contributed by atoms with van der Waals surface area (Å²) in [5.74, 6) is 1.06. The molecule has 2 aromatic rings. The largest absolute Gasteiger partial charge is 0.490 e. The van der Waals surface area contributed by atoms with Crippen LogP contribution in [0.4, 0.5) is 0 Å². The minimum atomic E-state index is 0.259. The Kier molecular flexibility index (Phi) is 3.19. The molecule has 3 rings (SSSR count). The third kappa shape index (κ3) is 2.33. The van der Waals surface area contributed by atoms with Crippen molar-refractivity contribution >= 4 is 10.8 Å². The highest BCUT2D eigenvalue weighted by atomic mass is 16.5. The van der Waals surface area contributed by atoms with Gasteiger partial charge in [-0.25, -0.2) is 0 Å². The van der Waals surface area contributed by atoms with Crippen LogP contribution in [0, 0.1) is 0 Å². The molecule has 0 bridgehead atoms. The second-order valence-corrected chi connectivity index (χ2v) is 5.74. The summed E-state index contributed by atoms with van der Waals surface area (Å²) in [6.45, 7) is 6.54. The van der Waals surface area contributed by atoms with Crippen molar-refractivity contribution in [2.75, 3.05) is 0 Å². The van der Waals surface area contributed by atoms with Crippen LogP contribution in [0.25, 0.3) is 10.8 Å². The molecule has 1 N–H and O–H groups in total. The lowest BCUT2D eigenvalue weighted by Crippen LogP contribution is -2.35. The number of ether oxygens (including phenoxy) is 1. The highest BCUT2D eigenvalue weighted by Gasteiger charge is 2.27. The Balaban J connectivity index is 2.12. The molecule has 2 heteroatoms. The van der Waals surface area contributed by atoms with E-state index in [4.69, 9.17) is 4.74 Å². The Bertz CT molecular complexity index is 591. The maximum absolute atomic E-state index is 6.12. The van der Waals surface area contributed by atoms with Crippen LogP contribution < -0.4 is 10.1 Å². The predicted octanol–water partition coefficient (Wildman–Crippen LogP) is 4.05. The molecule has 1 aliphatic rings. The number of nitrogens with one attached hydrogen (secondary N) is 1. The lowest BCUT2D eigenvalue weighted by Gasteiger charge is -2.33. The van der Waals surface area contributed by atoms with Crippen molar-refractivity contribution in [3.05, 3.63) is 42.0 Å². The van der Waals surface area contributed by atoms with E-state index in [0.29, 0.717) is 12.1 Å². The normalized spacial score (nSPS) is 22.3. The van der Waals surface area contributed by atoms with Crippen LogP contribution in [-0.2, 0) is 0 Å². The maximum Gasteiger partial charge on any atom is 0.132 e. The SMILES string of the molecule is CC(C)NC1CC(C)Oc2c1ccc1ccccc21. The highest BCUT2D eigenvalue weighted by molar-refractivity contribution is 5.90. The molecule has 0 amide bonds. The minimum Gasteiger partial charge on any atom is -0.490 e. The van der Waals surface area contributed by atoms with Crippen molar-refractivity contribution in [1.29, 1.82) is 0 Å². The van der Waals surface area contributed by atoms with Crippen LogP contribution in [-0.4, -0.2) is 12.1 Å². The standard InChI is InChI=1S/C17H21NO/c1-11(2)18-16-10-12(3)19-17-14-7-5-4-6-13(14)8-9-15(16)17/h4-9,11-12,16,18H,10H2,1-3H3. The first-order valence-electron chi connectivity index (χ1n) is 7.09. The fraction of sp³-hybridized carbons (Fsp3) is 0.412. The van der Waals surface area contributed by atoms with Crippen LogP contribution in [0.15, 0.2) is 36.4 Å². The van der Waals surface area contributed by atoms with Gasteiger partial charge in [-0.05, 0) is 12.3 Å². The topological polar surface area (TPSA) is 21.3 Å². The quantitative estimate of drug-likeness (QED) is 0.874. The Hall–Kier alpha value is -1.54. The number of hydrogen-bond acceptors (Lipinski definition) is 2. The molecule has 2 atom stereocenters. The van der Waals surface area contributed by atoms with Crippen molar-refractivity contribution in [2.45, 2.75) is 45.4 Å². The summed E-state index contributed by atoms with van der Waals surface area (Å²) in [7, 11) is 0. The van der Waals surface area contributed by atoms with Gasteiger partial charge in [-0.15, -0.1) is 0 Å². The van der Waals surface area contributed by atoms with Crippen LogP contribution in [0.3, 0.4) is 0 Å². The summed E-state index contributed by atoms with van der Waals surface area (Å²) in [6.07, 6.45) is 1.29. The van der Waals surface area contributed by atoms with E-state index in [0.717, 1.165) is 12.2 Å². The first-order valence-corrected chi connectivity index (χ1v) is 7.09. The van der Waals surface area contributed by atoms with E-state index >= 15 is 0 Å². The van der Waals surface area contributed by atoms with Crippen LogP contribution in [0.1, 0.15) is 38.8 Å². The zero-order valence-electron chi connectivity index (χ0n) is 11.8. The van der Waals surface area contributed by atoms with E-state index in [-0.39, 0.29) is 6.10 Å². The zero-order valence-corrected chi connectivity index (χ0v) is 11.8. The summed E-state index contributed by atoms with van der Waals surface area (Å²) >= 11 is 0. The molecule has 1 aliphatic heterocycles. The number of benzene rings is 2. The van der Waals surface area contributed by atoms with Crippen LogP contribution in [0.2, 0.25) is 0 Å². The molecular weight excluding hydrogens is 234 g/mol. The predicted molar refractivity (Wildman–Crippen MR) is 79.7 cm³/mol. The molecule has 0 spiro atoms. The lowest BCUT2D eigenvalue weighted by molar-refractivity contribution is 0.166. The van der Waals surface area contributed by atoms with Gasteiger partial charge in [0.25, 0.3) is 0 Å². The molecule has 2 unspecified atom stereocenters.